The molecule has 2 rings (SSSR count). The Morgan fingerprint density at radius 1 is 0.955 bits per heavy atom. The van der Waals surface area contributed by atoms with Crippen LogP contribution >= 0.6 is 7.14 Å². The molecule has 0 fully saturated rings. The van der Waals surface area contributed by atoms with Crippen molar-refractivity contribution in [3.8, 4) is 0 Å². The van der Waals surface area contributed by atoms with Gasteiger partial charge < -0.3 is 9.67 Å². The Balaban J connectivity index is 2.23. The maximum atomic E-state index is 13.4. The molecule has 4 heteroatoms. The zero-order valence-electron chi connectivity index (χ0n) is 12.7. The third-order valence-electron chi connectivity index (χ3n) is 3.66. The van der Waals surface area contributed by atoms with E-state index in [1.807, 2.05) is 60.7 Å². The minimum absolute atomic E-state index is 0.228. The van der Waals surface area contributed by atoms with Crippen molar-refractivity contribution in [2.45, 2.75) is 19.2 Å². The van der Waals surface area contributed by atoms with Crippen LogP contribution in [0.1, 0.15) is 18.1 Å². The van der Waals surface area contributed by atoms with Gasteiger partial charge in [0.15, 0.2) is 0 Å². The molecule has 1 N–H and O–H groups in total. The number of rotatable bonds is 7. The Labute approximate surface area is 131 Å². The first-order valence-corrected chi connectivity index (χ1v) is 9.62. The Morgan fingerprint density at radius 2 is 1.36 bits per heavy atom. The number of hydrogen-bond donors (Lipinski definition) is 1. The van der Waals surface area contributed by atoms with Crippen LogP contribution in [-0.2, 0) is 21.7 Å². The maximum Gasteiger partial charge on any atom is 0.306 e. The quantitative estimate of drug-likeness (QED) is 0.767. The molecular formula is C18H21O3P. The van der Waals surface area contributed by atoms with Crippen LogP contribution in [0.25, 0.3) is 0 Å². The zero-order valence-corrected chi connectivity index (χ0v) is 13.6. The van der Waals surface area contributed by atoms with Crippen molar-refractivity contribution in [3.05, 3.63) is 71.8 Å². The van der Waals surface area contributed by atoms with Gasteiger partial charge in [-0.1, -0.05) is 67.6 Å². The monoisotopic (exact) mass is 316 g/mol. The highest BCUT2D eigenvalue weighted by atomic mass is 31.2. The lowest BCUT2D eigenvalue weighted by molar-refractivity contribution is -0.140. The van der Waals surface area contributed by atoms with Crippen molar-refractivity contribution < 1.29 is 14.5 Å². The van der Waals surface area contributed by atoms with E-state index in [0.29, 0.717) is 12.3 Å². The van der Waals surface area contributed by atoms with Crippen molar-refractivity contribution in [2.75, 3.05) is 6.16 Å². The molecule has 0 spiro atoms. The zero-order chi connectivity index (χ0) is 16.0. The van der Waals surface area contributed by atoms with Gasteiger partial charge in [0.2, 0.25) is 0 Å². The molecule has 0 saturated carbocycles. The number of carboxylic acid groups (broad SMARTS) is 1. The highest BCUT2D eigenvalue weighted by Crippen LogP contribution is 2.53. The number of benzene rings is 2. The lowest BCUT2D eigenvalue weighted by Gasteiger charge is -2.21. The van der Waals surface area contributed by atoms with Crippen molar-refractivity contribution in [1.82, 2.24) is 0 Å². The molecule has 0 aromatic heterocycles. The molecule has 0 aliphatic rings. The molecule has 22 heavy (non-hydrogen) atoms. The first-order valence-electron chi connectivity index (χ1n) is 7.36. The van der Waals surface area contributed by atoms with E-state index >= 15 is 0 Å². The van der Waals surface area contributed by atoms with E-state index in [9.17, 15) is 9.36 Å². The summed E-state index contributed by atoms with van der Waals surface area (Å²) in [5.41, 5.74) is 2.00. The molecule has 0 heterocycles. The molecule has 0 saturated heterocycles. The first kappa shape index (κ1) is 16.5. The second-order valence-electron chi connectivity index (χ2n) is 5.77. The van der Waals surface area contributed by atoms with E-state index in [4.69, 9.17) is 5.11 Å². The summed E-state index contributed by atoms with van der Waals surface area (Å²) in [5, 5.41) is 9.16. The van der Waals surface area contributed by atoms with E-state index in [1.54, 1.807) is 6.92 Å². The molecule has 0 radical (unpaired) electrons. The highest BCUT2D eigenvalue weighted by Gasteiger charge is 2.28. The molecule has 0 aliphatic carbocycles. The van der Waals surface area contributed by atoms with Crippen molar-refractivity contribution in [3.63, 3.8) is 0 Å². The highest BCUT2D eigenvalue weighted by molar-refractivity contribution is 7.62. The lowest BCUT2D eigenvalue weighted by Crippen LogP contribution is -2.15. The van der Waals surface area contributed by atoms with Gasteiger partial charge in [-0.25, -0.2) is 0 Å². The van der Waals surface area contributed by atoms with Gasteiger partial charge in [0.1, 0.15) is 0 Å². The Bertz CT molecular complexity index is 607. The van der Waals surface area contributed by atoms with Gasteiger partial charge in [0.25, 0.3) is 0 Å². The van der Waals surface area contributed by atoms with Gasteiger partial charge in [0, 0.05) is 18.5 Å². The summed E-state index contributed by atoms with van der Waals surface area (Å²) in [5.74, 6) is -1.49. The topological polar surface area (TPSA) is 54.4 Å². The normalized spacial score (nSPS) is 12.8. The van der Waals surface area contributed by atoms with Crippen molar-refractivity contribution in [1.29, 1.82) is 0 Å². The SMILES string of the molecule is C[C@H](CP(=O)(Cc1ccccc1)Cc1ccccc1)C(=O)O. The van der Waals surface area contributed by atoms with Crippen LogP contribution in [-0.4, -0.2) is 17.2 Å². The summed E-state index contributed by atoms with van der Waals surface area (Å²) < 4.78 is 13.4. The average Bonchev–Trinajstić information content (AvgIpc) is 2.48. The van der Waals surface area contributed by atoms with E-state index in [0.717, 1.165) is 11.1 Å². The smallest absolute Gasteiger partial charge is 0.306 e. The molecule has 0 bridgehead atoms. The van der Waals surface area contributed by atoms with Crippen LogP contribution in [0.5, 0.6) is 0 Å². The fourth-order valence-corrected chi connectivity index (χ4v) is 5.87. The van der Waals surface area contributed by atoms with Crippen LogP contribution in [0.3, 0.4) is 0 Å². The summed E-state index contributed by atoms with van der Waals surface area (Å²) in [6, 6.07) is 19.3. The summed E-state index contributed by atoms with van der Waals surface area (Å²) >= 11 is 0. The van der Waals surface area contributed by atoms with Gasteiger partial charge in [-0.15, -0.1) is 0 Å². The predicted molar refractivity (Wildman–Crippen MR) is 89.6 cm³/mol. The average molecular weight is 316 g/mol. The summed E-state index contributed by atoms with van der Waals surface area (Å²) in [6.07, 6.45) is 1.12. The predicted octanol–water partition coefficient (Wildman–Crippen LogP) is 4.47. The molecule has 116 valence electrons. The standard InChI is InChI=1S/C18H21O3P/c1-15(18(19)20)12-22(21,13-16-8-4-2-5-9-16)14-17-10-6-3-7-11-17/h2-11,15H,12-14H2,1H3,(H,19,20)/t15-/m1/s1. The first-order chi connectivity index (χ1) is 10.5. The summed E-state index contributed by atoms with van der Waals surface area (Å²) in [6.45, 7) is 1.63. The van der Waals surface area contributed by atoms with Gasteiger partial charge in [-0.3, -0.25) is 4.79 Å². The van der Waals surface area contributed by atoms with Crippen LogP contribution in [0.15, 0.2) is 60.7 Å². The number of hydrogen-bond acceptors (Lipinski definition) is 2. The van der Waals surface area contributed by atoms with E-state index in [2.05, 4.69) is 0 Å². The van der Waals surface area contributed by atoms with Crippen LogP contribution in [0.4, 0.5) is 0 Å². The maximum absolute atomic E-state index is 13.4. The lowest BCUT2D eigenvalue weighted by atomic mass is 10.2. The van der Waals surface area contributed by atoms with E-state index in [1.165, 1.54) is 0 Å². The van der Waals surface area contributed by atoms with Crippen LogP contribution in [0, 0.1) is 5.92 Å². The third kappa shape index (κ3) is 4.85. The fraction of sp³-hybridized carbons (Fsp3) is 0.278. The molecule has 2 aromatic rings. The summed E-state index contributed by atoms with van der Waals surface area (Å²) in [7, 11) is -2.65. The van der Waals surface area contributed by atoms with Crippen LogP contribution in [0.2, 0.25) is 0 Å². The molecule has 0 amide bonds. The second-order valence-corrected chi connectivity index (χ2v) is 8.88. The minimum Gasteiger partial charge on any atom is -0.481 e. The molecule has 0 unspecified atom stereocenters. The number of carboxylic acids is 1. The van der Waals surface area contributed by atoms with E-state index in [-0.39, 0.29) is 6.16 Å². The number of carbonyl (C=O) groups is 1. The Hall–Kier alpha value is -1.86. The van der Waals surface area contributed by atoms with E-state index < -0.39 is 19.0 Å². The van der Waals surface area contributed by atoms with Gasteiger partial charge in [-0.2, -0.15) is 0 Å². The largest absolute Gasteiger partial charge is 0.481 e. The van der Waals surface area contributed by atoms with Crippen molar-refractivity contribution >= 4 is 13.1 Å². The Kier molecular flexibility index (Phi) is 5.57. The molecule has 1 atom stereocenters. The second kappa shape index (κ2) is 7.42. The molecular weight excluding hydrogens is 295 g/mol. The van der Waals surface area contributed by atoms with Crippen LogP contribution < -0.4 is 0 Å². The van der Waals surface area contributed by atoms with Gasteiger partial charge in [0.05, 0.1) is 13.1 Å². The molecule has 0 aliphatic heterocycles. The van der Waals surface area contributed by atoms with Gasteiger partial charge >= 0.3 is 5.97 Å². The minimum atomic E-state index is -2.65. The molecule has 2 aromatic carbocycles. The number of aliphatic carboxylic acids is 1. The molecule has 3 nitrogen and oxygen atoms in total. The third-order valence-corrected chi connectivity index (χ3v) is 6.75. The van der Waals surface area contributed by atoms with Crippen molar-refractivity contribution in [2.24, 2.45) is 5.92 Å². The van der Waals surface area contributed by atoms with Gasteiger partial charge in [-0.05, 0) is 11.1 Å². The summed E-state index contributed by atoms with van der Waals surface area (Å²) in [4.78, 5) is 11.2. The Morgan fingerprint density at radius 3 is 1.73 bits per heavy atom. The fourth-order valence-electron chi connectivity index (χ4n) is 2.59.